The lowest BCUT2D eigenvalue weighted by molar-refractivity contribution is 0.0131. The number of halogens is 1. The lowest BCUT2D eigenvalue weighted by Gasteiger charge is -2.52. The molecule has 0 bridgehead atoms. The van der Waals surface area contributed by atoms with Crippen LogP contribution in [0.15, 0.2) is 23.0 Å². The van der Waals surface area contributed by atoms with E-state index >= 15 is 0 Å². The molecule has 23 heavy (non-hydrogen) atoms. The van der Waals surface area contributed by atoms with E-state index in [-0.39, 0.29) is 17.3 Å². The monoisotopic (exact) mass is 320 g/mol. The van der Waals surface area contributed by atoms with Gasteiger partial charge in [-0.15, -0.1) is 0 Å². The average molecular weight is 320 g/mol. The van der Waals surface area contributed by atoms with Crippen LogP contribution in [0.4, 0.5) is 4.39 Å². The Hall–Kier alpha value is -0.670. The van der Waals surface area contributed by atoms with Crippen LogP contribution in [0.1, 0.15) is 58.3 Å². The van der Waals surface area contributed by atoms with E-state index in [4.69, 9.17) is 0 Å². The molecule has 2 nitrogen and oxygen atoms in total. The predicted octanol–water partition coefficient (Wildman–Crippen LogP) is 4.14. The first-order valence-electron chi connectivity index (χ1n) is 9.40. The Morgan fingerprint density at radius 3 is 2.87 bits per heavy atom. The molecular weight excluding hydrogens is 291 g/mol. The molecule has 0 aromatic rings. The minimum absolute atomic E-state index is 0.0342. The lowest BCUT2D eigenvalue weighted by Crippen LogP contribution is -2.45. The highest BCUT2D eigenvalue weighted by Gasteiger charge is 2.54. The molecule has 4 aliphatic carbocycles. The molecule has 4 rings (SSSR count). The lowest BCUT2D eigenvalue weighted by atomic mass is 9.52. The molecule has 3 fully saturated rings. The maximum absolute atomic E-state index is 14.2. The van der Waals surface area contributed by atoms with E-state index in [2.05, 4.69) is 13.0 Å². The second-order valence-electron chi connectivity index (χ2n) is 8.53. The summed E-state index contributed by atoms with van der Waals surface area (Å²) in [5.41, 5.74) is 2.38. The topological polar surface area (TPSA) is 40.5 Å². The van der Waals surface area contributed by atoms with Crippen LogP contribution < -0.4 is 0 Å². The predicted molar refractivity (Wildman–Crippen MR) is 88.3 cm³/mol. The number of aliphatic hydroxyl groups is 2. The maximum Gasteiger partial charge on any atom is 0.125 e. The summed E-state index contributed by atoms with van der Waals surface area (Å²) in [4.78, 5) is 0. The van der Waals surface area contributed by atoms with Crippen molar-refractivity contribution in [1.82, 2.24) is 0 Å². The van der Waals surface area contributed by atoms with Gasteiger partial charge in [0.2, 0.25) is 0 Å². The minimum atomic E-state index is -0.434. The molecule has 128 valence electrons. The van der Waals surface area contributed by atoms with Crippen LogP contribution in [0, 0.1) is 29.1 Å². The van der Waals surface area contributed by atoms with E-state index < -0.39 is 6.61 Å². The minimum Gasteiger partial charge on any atom is -0.393 e. The highest BCUT2D eigenvalue weighted by atomic mass is 19.1. The molecule has 0 radical (unpaired) electrons. The third-order valence-corrected chi connectivity index (χ3v) is 7.67. The van der Waals surface area contributed by atoms with E-state index in [0.717, 1.165) is 56.4 Å². The van der Waals surface area contributed by atoms with E-state index in [1.54, 1.807) is 0 Å². The van der Waals surface area contributed by atoms with E-state index in [1.165, 1.54) is 12.0 Å². The molecule has 3 saturated carbocycles. The SMILES string of the molecule is CC12CCC3C4CCC(O)CC4=CCC3C1CC/C2=C(\F)CO. The summed E-state index contributed by atoms with van der Waals surface area (Å²) in [7, 11) is 0. The molecule has 0 aromatic carbocycles. The van der Waals surface area contributed by atoms with Crippen molar-refractivity contribution < 1.29 is 14.6 Å². The number of hydrogen-bond acceptors (Lipinski definition) is 2. The van der Waals surface area contributed by atoms with Crippen LogP contribution in [0.25, 0.3) is 0 Å². The van der Waals surface area contributed by atoms with Gasteiger partial charge in [-0.2, -0.15) is 0 Å². The summed E-state index contributed by atoms with van der Waals surface area (Å²) >= 11 is 0. The van der Waals surface area contributed by atoms with Crippen LogP contribution in [-0.4, -0.2) is 22.9 Å². The first-order valence-corrected chi connectivity index (χ1v) is 9.40. The third kappa shape index (κ3) is 2.34. The molecule has 2 N–H and O–H groups in total. The van der Waals surface area contributed by atoms with Crippen LogP contribution in [-0.2, 0) is 0 Å². The van der Waals surface area contributed by atoms with Gasteiger partial charge >= 0.3 is 0 Å². The molecule has 0 saturated heterocycles. The van der Waals surface area contributed by atoms with Crippen molar-refractivity contribution >= 4 is 0 Å². The summed E-state index contributed by atoms with van der Waals surface area (Å²) in [6.07, 6.45) is 10.5. The van der Waals surface area contributed by atoms with Crippen molar-refractivity contribution in [2.24, 2.45) is 29.1 Å². The van der Waals surface area contributed by atoms with Gasteiger partial charge in [0, 0.05) is 0 Å². The average Bonchev–Trinajstić information content (AvgIpc) is 2.90. The molecule has 0 aliphatic heterocycles. The molecule has 0 aromatic heterocycles. The van der Waals surface area contributed by atoms with Gasteiger partial charge in [-0.3, -0.25) is 0 Å². The molecule has 4 aliphatic rings. The molecular formula is C20H29FO2. The number of fused-ring (bicyclic) bond motifs is 5. The highest BCUT2D eigenvalue weighted by Crippen LogP contribution is 2.63. The fraction of sp³-hybridized carbons (Fsp3) is 0.800. The summed E-state index contributed by atoms with van der Waals surface area (Å²) in [5.74, 6) is 2.37. The van der Waals surface area contributed by atoms with Crippen LogP contribution in [0.3, 0.4) is 0 Å². The molecule has 0 spiro atoms. The third-order valence-electron chi connectivity index (χ3n) is 7.67. The number of aliphatic hydroxyl groups excluding tert-OH is 2. The van der Waals surface area contributed by atoms with Gasteiger partial charge < -0.3 is 10.2 Å². The normalized spacial score (nSPS) is 48.2. The number of hydrogen-bond donors (Lipinski definition) is 2. The first kappa shape index (κ1) is 15.8. The smallest absolute Gasteiger partial charge is 0.125 e. The fourth-order valence-corrected chi connectivity index (χ4v) is 6.60. The summed E-state index contributed by atoms with van der Waals surface area (Å²) in [5, 5.41) is 19.2. The summed E-state index contributed by atoms with van der Waals surface area (Å²) < 4.78 is 14.2. The zero-order valence-electron chi connectivity index (χ0n) is 14.1. The fourth-order valence-electron chi connectivity index (χ4n) is 6.60. The second kappa shape index (κ2) is 5.70. The van der Waals surface area contributed by atoms with E-state index in [0.29, 0.717) is 17.8 Å². The van der Waals surface area contributed by atoms with Crippen molar-refractivity contribution in [2.45, 2.75) is 64.4 Å². The van der Waals surface area contributed by atoms with Gasteiger partial charge in [-0.05, 0) is 86.0 Å². The van der Waals surface area contributed by atoms with Crippen molar-refractivity contribution in [3.05, 3.63) is 23.0 Å². The van der Waals surface area contributed by atoms with Gasteiger partial charge in [0.15, 0.2) is 0 Å². The van der Waals surface area contributed by atoms with Crippen molar-refractivity contribution in [1.29, 1.82) is 0 Å². The summed E-state index contributed by atoms with van der Waals surface area (Å²) in [6, 6.07) is 0. The number of allylic oxidation sites excluding steroid dienone is 2. The molecule has 3 heteroatoms. The van der Waals surface area contributed by atoms with Gasteiger partial charge in [-0.1, -0.05) is 18.6 Å². The highest BCUT2D eigenvalue weighted by molar-refractivity contribution is 5.28. The van der Waals surface area contributed by atoms with Gasteiger partial charge in [0.1, 0.15) is 5.83 Å². The van der Waals surface area contributed by atoms with Gasteiger partial charge in [0.05, 0.1) is 12.7 Å². The molecule has 6 atom stereocenters. The van der Waals surface area contributed by atoms with Crippen LogP contribution >= 0.6 is 0 Å². The zero-order valence-corrected chi connectivity index (χ0v) is 14.1. The first-order chi connectivity index (χ1) is 11.0. The Bertz CT molecular complexity index is 552. The van der Waals surface area contributed by atoms with E-state index in [9.17, 15) is 14.6 Å². The Morgan fingerprint density at radius 1 is 1.26 bits per heavy atom. The van der Waals surface area contributed by atoms with Gasteiger partial charge in [-0.25, -0.2) is 4.39 Å². The van der Waals surface area contributed by atoms with Crippen molar-refractivity contribution in [3.63, 3.8) is 0 Å². The largest absolute Gasteiger partial charge is 0.393 e. The zero-order chi connectivity index (χ0) is 16.2. The Morgan fingerprint density at radius 2 is 2.09 bits per heavy atom. The van der Waals surface area contributed by atoms with Crippen molar-refractivity contribution in [3.8, 4) is 0 Å². The number of rotatable bonds is 1. The quantitative estimate of drug-likeness (QED) is 0.713. The standard InChI is InChI=1S/C20H29FO2/c1-20-9-8-15-14-5-3-13(23)10-12(14)2-4-16(15)17(20)6-7-18(20)19(21)11-22/h2,13-17,22-23H,3-11H2,1H3/b19-18+. The Balaban J connectivity index is 1.63. The van der Waals surface area contributed by atoms with Crippen LogP contribution in [0.5, 0.6) is 0 Å². The molecule has 0 amide bonds. The van der Waals surface area contributed by atoms with E-state index in [1.807, 2.05) is 0 Å². The molecule has 0 heterocycles. The summed E-state index contributed by atoms with van der Waals surface area (Å²) in [6.45, 7) is 1.81. The van der Waals surface area contributed by atoms with Gasteiger partial charge in [0.25, 0.3) is 0 Å². The Kier molecular flexibility index (Phi) is 3.92. The Labute approximate surface area is 138 Å². The maximum atomic E-state index is 14.2. The second-order valence-corrected chi connectivity index (χ2v) is 8.53. The van der Waals surface area contributed by atoms with Crippen molar-refractivity contribution in [2.75, 3.05) is 6.61 Å². The molecule has 6 unspecified atom stereocenters. The van der Waals surface area contributed by atoms with Crippen LogP contribution in [0.2, 0.25) is 0 Å².